The summed E-state index contributed by atoms with van der Waals surface area (Å²) in [6.07, 6.45) is 0.671. The summed E-state index contributed by atoms with van der Waals surface area (Å²) in [6.45, 7) is 4.63. The first-order valence-electron chi connectivity index (χ1n) is 8.28. The first-order valence-corrected chi connectivity index (χ1v) is 8.28. The minimum absolute atomic E-state index is 0.101. The van der Waals surface area contributed by atoms with Crippen molar-refractivity contribution in [3.8, 4) is 0 Å². The van der Waals surface area contributed by atoms with Crippen LogP contribution in [0, 0.1) is 13.8 Å². The topological polar surface area (TPSA) is 101 Å². The Balaban J connectivity index is 1.64. The second-order valence-electron chi connectivity index (χ2n) is 6.45. The summed E-state index contributed by atoms with van der Waals surface area (Å²) >= 11 is 0. The Morgan fingerprint density at radius 3 is 2.69 bits per heavy atom. The first-order chi connectivity index (χ1) is 12.4. The molecule has 2 aromatic heterocycles. The molecule has 0 atom stereocenters. The predicted octanol–water partition coefficient (Wildman–Crippen LogP) is 1.64. The van der Waals surface area contributed by atoms with Gasteiger partial charge in [-0.05, 0) is 49.6 Å². The van der Waals surface area contributed by atoms with Crippen molar-refractivity contribution < 1.29 is 14.7 Å². The number of carbonyl (C=O) groups excluding carboxylic acids is 1. The van der Waals surface area contributed by atoms with Crippen molar-refractivity contribution in [2.24, 2.45) is 0 Å². The number of carboxylic acids is 1. The minimum atomic E-state index is -0.977. The zero-order valence-electron chi connectivity index (χ0n) is 14.4. The molecule has 1 aliphatic heterocycles. The lowest BCUT2D eigenvalue weighted by molar-refractivity contribution is 0.0696. The van der Waals surface area contributed by atoms with Crippen LogP contribution >= 0.6 is 0 Å². The molecule has 8 nitrogen and oxygen atoms in total. The lowest BCUT2D eigenvalue weighted by Gasteiger charge is -2.28. The highest BCUT2D eigenvalue weighted by molar-refractivity contribution is 5.91. The maximum Gasteiger partial charge on any atom is 0.335 e. The third-order valence-corrected chi connectivity index (χ3v) is 4.56. The Morgan fingerprint density at radius 1 is 1.12 bits per heavy atom. The Hall–Kier alpha value is -3.29. The van der Waals surface area contributed by atoms with E-state index in [9.17, 15) is 9.59 Å². The third-order valence-electron chi connectivity index (χ3n) is 4.56. The van der Waals surface area contributed by atoms with Gasteiger partial charge in [-0.15, -0.1) is 5.10 Å². The maximum atomic E-state index is 12.8. The molecule has 8 heteroatoms. The van der Waals surface area contributed by atoms with Crippen LogP contribution in [0.1, 0.15) is 43.5 Å². The van der Waals surface area contributed by atoms with Crippen LogP contribution < -0.4 is 0 Å². The van der Waals surface area contributed by atoms with Crippen molar-refractivity contribution in [2.75, 3.05) is 6.54 Å². The van der Waals surface area contributed by atoms with Crippen LogP contribution in [0.2, 0.25) is 0 Å². The van der Waals surface area contributed by atoms with E-state index in [4.69, 9.17) is 5.11 Å². The van der Waals surface area contributed by atoms with Gasteiger partial charge in [0.15, 0.2) is 0 Å². The van der Waals surface area contributed by atoms with Crippen molar-refractivity contribution >= 4 is 17.7 Å². The molecule has 0 aliphatic carbocycles. The second kappa shape index (κ2) is 5.91. The van der Waals surface area contributed by atoms with Crippen LogP contribution in [0.4, 0.5) is 0 Å². The lowest BCUT2D eigenvalue weighted by atomic mass is 9.97. The monoisotopic (exact) mass is 351 g/mol. The zero-order chi connectivity index (χ0) is 18.4. The van der Waals surface area contributed by atoms with Crippen molar-refractivity contribution in [3.05, 3.63) is 58.2 Å². The highest BCUT2D eigenvalue weighted by Crippen LogP contribution is 2.21. The van der Waals surface area contributed by atoms with Gasteiger partial charge < -0.3 is 10.0 Å². The van der Waals surface area contributed by atoms with Crippen molar-refractivity contribution in [1.29, 1.82) is 0 Å². The summed E-state index contributed by atoms with van der Waals surface area (Å²) in [5, 5.41) is 13.4. The van der Waals surface area contributed by atoms with E-state index in [1.807, 2.05) is 26.0 Å². The molecule has 26 heavy (non-hydrogen) atoms. The molecule has 132 valence electrons. The maximum absolute atomic E-state index is 12.8. The van der Waals surface area contributed by atoms with Crippen LogP contribution in [-0.2, 0) is 13.0 Å². The number of carbonyl (C=O) groups is 2. The normalized spacial score (nSPS) is 13.7. The largest absolute Gasteiger partial charge is 0.478 e. The van der Waals surface area contributed by atoms with Gasteiger partial charge in [0.2, 0.25) is 5.82 Å². The number of hydrogen-bond donors (Lipinski definition) is 1. The quantitative estimate of drug-likeness (QED) is 0.753. The molecule has 0 fully saturated rings. The van der Waals surface area contributed by atoms with Crippen LogP contribution in [0.25, 0.3) is 5.78 Å². The van der Waals surface area contributed by atoms with Gasteiger partial charge in [-0.25, -0.2) is 14.3 Å². The summed E-state index contributed by atoms with van der Waals surface area (Å²) in [6, 6.07) is 6.92. The first kappa shape index (κ1) is 16.2. The molecule has 1 amide bonds. The average molecular weight is 351 g/mol. The number of aromatic carboxylic acids is 1. The van der Waals surface area contributed by atoms with Gasteiger partial charge in [0.25, 0.3) is 11.7 Å². The molecule has 0 unspecified atom stereocenters. The van der Waals surface area contributed by atoms with E-state index in [0.29, 0.717) is 25.3 Å². The third kappa shape index (κ3) is 2.69. The molecule has 1 N–H and O–H groups in total. The van der Waals surface area contributed by atoms with Gasteiger partial charge in [-0.1, -0.05) is 6.07 Å². The van der Waals surface area contributed by atoms with E-state index >= 15 is 0 Å². The molecule has 4 rings (SSSR count). The number of rotatable bonds is 2. The van der Waals surface area contributed by atoms with E-state index in [1.165, 1.54) is 0 Å². The standard InChI is InChI=1S/C18H17N5O3/c1-10-7-11(2)23-18(19-10)20-15(21-23)16(24)22-6-5-12-3-4-13(17(25)26)8-14(12)9-22/h3-4,7-8H,5-6,9H2,1-2H3,(H,25,26). The van der Waals surface area contributed by atoms with E-state index in [2.05, 4.69) is 15.1 Å². The molecule has 0 saturated carbocycles. The number of aryl methyl sites for hydroxylation is 2. The molecule has 3 heterocycles. The van der Waals surface area contributed by atoms with Gasteiger partial charge in [0.05, 0.1) is 5.56 Å². The highest BCUT2D eigenvalue weighted by atomic mass is 16.4. The highest BCUT2D eigenvalue weighted by Gasteiger charge is 2.26. The van der Waals surface area contributed by atoms with Gasteiger partial charge in [-0.2, -0.15) is 4.98 Å². The van der Waals surface area contributed by atoms with Crippen LogP contribution in [-0.4, -0.2) is 48.0 Å². The average Bonchev–Trinajstić information content (AvgIpc) is 3.04. The molecule has 0 spiro atoms. The Kier molecular flexibility index (Phi) is 3.68. The summed E-state index contributed by atoms with van der Waals surface area (Å²) in [4.78, 5) is 34.2. The fraction of sp³-hybridized carbons (Fsp3) is 0.278. The van der Waals surface area contributed by atoms with Crippen molar-refractivity contribution in [3.63, 3.8) is 0 Å². The van der Waals surface area contributed by atoms with Crippen LogP contribution in [0.5, 0.6) is 0 Å². The molecule has 3 aromatic rings. The molecule has 0 radical (unpaired) electrons. The van der Waals surface area contributed by atoms with E-state index in [0.717, 1.165) is 22.5 Å². The Bertz CT molecular complexity index is 1060. The predicted molar refractivity (Wildman–Crippen MR) is 92.1 cm³/mol. The summed E-state index contributed by atoms with van der Waals surface area (Å²) in [5.41, 5.74) is 3.80. The number of amides is 1. The Morgan fingerprint density at radius 2 is 1.92 bits per heavy atom. The van der Waals surface area contributed by atoms with E-state index < -0.39 is 5.97 Å². The number of benzene rings is 1. The van der Waals surface area contributed by atoms with Gasteiger partial charge in [0, 0.05) is 24.5 Å². The lowest BCUT2D eigenvalue weighted by Crippen LogP contribution is -2.36. The summed E-state index contributed by atoms with van der Waals surface area (Å²) < 4.78 is 1.56. The van der Waals surface area contributed by atoms with Crippen molar-refractivity contribution in [2.45, 2.75) is 26.8 Å². The number of aromatic nitrogens is 4. The molecular weight excluding hydrogens is 334 g/mol. The van der Waals surface area contributed by atoms with Crippen molar-refractivity contribution in [1.82, 2.24) is 24.5 Å². The fourth-order valence-corrected chi connectivity index (χ4v) is 3.26. The summed E-state index contributed by atoms with van der Waals surface area (Å²) in [7, 11) is 0. The fourth-order valence-electron chi connectivity index (χ4n) is 3.26. The number of fused-ring (bicyclic) bond motifs is 2. The molecule has 0 bridgehead atoms. The zero-order valence-corrected chi connectivity index (χ0v) is 14.4. The van der Waals surface area contributed by atoms with E-state index in [-0.39, 0.29) is 17.3 Å². The molecule has 0 saturated heterocycles. The molecule has 1 aliphatic rings. The minimum Gasteiger partial charge on any atom is -0.478 e. The molecular formula is C18H17N5O3. The van der Waals surface area contributed by atoms with Gasteiger partial charge in [-0.3, -0.25) is 4.79 Å². The Labute approximate surface area is 149 Å². The number of nitrogens with zero attached hydrogens (tertiary/aromatic N) is 5. The van der Waals surface area contributed by atoms with Crippen LogP contribution in [0.15, 0.2) is 24.3 Å². The van der Waals surface area contributed by atoms with E-state index in [1.54, 1.807) is 21.5 Å². The summed E-state index contributed by atoms with van der Waals surface area (Å²) in [5.74, 6) is -0.755. The van der Waals surface area contributed by atoms with Gasteiger partial charge in [0.1, 0.15) is 0 Å². The second-order valence-corrected chi connectivity index (χ2v) is 6.45. The number of hydrogen-bond acceptors (Lipinski definition) is 5. The smallest absolute Gasteiger partial charge is 0.335 e. The van der Waals surface area contributed by atoms with Crippen LogP contribution in [0.3, 0.4) is 0 Å². The SMILES string of the molecule is Cc1cc(C)n2nc(C(=O)N3CCc4ccc(C(=O)O)cc4C3)nc2n1. The van der Waals surface area contributed by atoms with Gasteiger partial charge >= 0.3 is 5.97 Å². The number of carboxylic acid groups (broad SMARTS) is 1. The molecule has 1 aromatic carbocycles.